The average molecular weight is 288 g/mol. The lowest BCUT2D eigenvalue weighted by Crippen LogP contribution is -2.05. The van der Waals surface area contributed by atoms with Gasteiger partial charge in [-0.05, 0) is 17.5 Å². The highest BCUT2D eigenvalue weighted by molar-refractivity contribution is 6.31. The lowest BCUT2D eigenvalue weighted by molar-refractivity contribution is 0.216. The Morgan fingerprint density at radius 2 is 1.85 bits per heavy atom. The molecule has 0 radical (unpaired) electrons. The predicted molar refractivity (Wildman–Crippen MR) is 77.2 cm³/mol. The Kier molecular flexibility index (Phi) is 3.38. The van der Waals surface area contributed by atoms with Crippen molar-refractivity contribution >= 4 is 22.4 Å². The van der Waals surface area contributed by atoms with Gasteiger partial charge in [0.25, 0.3) is 0 Å². The fraction of sp³-hybridized carbons (Fsp3) is 0.0625. The van der Waals surface area contributed by atoms with Gasteiger partial charge in [0.2, 0.25) is 0 Å². The number of aliphatic hydroxyl groups is 1. The Bertz CT molecular complexity index is 750. The third-order valence-corrected chi connectivity index (χ3v) is 3.60. The first-order chi connectivity index (χ1) is 9.68. The second kappa shape index (κ2) is 5.19. The molecule has 3 aromatic rings. The molecule has 20 heavy (non-hydrogen) atoms. The lowest BCUT2D eigenvalue weighted by Gasteiger charge is -2.15. The monoisotopic (exact) mass is 287 g/mol. The van der Waals surface area contributed by atoms with Gasteiger partial charge in [-0.2, -0.15) is 0 Å². The molecule has 0 amide bonds. The van der Waals surface area contributed by atoms with Crippen molar-refractivity contribution in [3.63, 3.8) is 0 Å². The zero-order chi connectivity index (χ0) is 14.1. The molecule has 0 saturated carbocycles. The number of fused-ring (bicyclic) bond motifs is 1. The van der Waals surface area contributed by atoms with Gasteiger partial charge in [0.05, 0.1) is 0 Å². The maximum atomic E-state index is 13.9. The summed E-state index contributed by atoms with van der Waals surface area (Å²) in [5.74, 6) is -0.530. The van der Waals surface area contributed by atoms with Gasteiger partial charge >= 0.3 is 0 Å². The Labute approximate surface area is 120 Å². The third kappa shape index (κ3) is 2.15. The van der Waals surface area contributed by atoms with Crippen molar-refractivity contribution in [2.24, 2.45) is 0 Å². The summed E-state index contributed by atoms with van der Waals surface area (Å²) in [4.78, 5) is 4.09. The molecule has 4 heteroatoms. The number of hydrogen-bond donors (Lipinski definition) is 1. The zero-order valence-corrected chi connectivity index (χ0v) is 11.2. The molecule has 2 aromatic carbocycles. The van der Waals surface area contributed by atoms with Crippen LogP contribution in [-0.4, -0.2) is 10.1 Å². The van der Waals surface area contributed by atoms with Gasteiger partial charge in [-0.1, -0.05) is 41.9 Å². The van der Waals surface area contributed by atoms with Crippen molar-refractivity contribution in [1.82, 2.24) is 4.98 Å². The number of aromatic nitrogens is 1. The predicted octanol–water partition coefficient (Wildman–Crippen LogP) is 4.11. The smallest absolute Gasteiger partial charge is 0.130 e. The van der Waals surface area contributed by atoms with Gasteiger partial charge in [0.15, 0.2) is 0 Å². The second-order valence-corrected chi connectivity index (χ2v) is 4.89. The number of rotatable bonds is 2. The van der Waals surface area contributed by atoms with Crippen molar-refractivity contribution in [1.29, 1.82) is 0 Å². The van der Waals surface area contributed by atoms with Crippen LogP contribution in [0.25, 0.3) is 10.8 Å². The van der Waals surface area contributed by atoms with Crippen LogP contribution in [0.15, 0.2) is 54.9 Å². The molecule has 0 aliphatic carbocycles. The summed E-state index contributed by atoms with van der Waals surface area (Å²) in [6, 6.07) is 11.9. The quantitative estimate of drug-likeness (QED) is 0.769. The Morgan fingerprint density at radius 3 is 2.65 bits per heavy atom. The first-order valence-electron chi connectivity index (χ1n) is 6.13. The minimum atomic E-state index is -1.15. The minimum absolute atomic E-state index is 0.0762. The summed E-state index contributed by atoms with van der Waals surface area (Å²) in [5.41, 5.74) is 0.613. The average Bonchev–Trinajstić information content (AvgIpc) is 2.46. The standard InChI is InChI=1S/C16H11ClFNO/c17-13-6-3-7-14(18)15(13)16(20)12-9-19-8-10-4-1-2-5-11(10)12/h1-9,16,20H. The molecular weight excluding hydrogens is 277 g/mol. The summed E-state index contributed by atoms with van der Waals surface area (Å²) < 4.78 is 13.9. The number of benzene rings is 2. The number of pyridine rings is 1. The van der Waals surface area contributed by atoms with Crippen LogP contribution >= 0.6 is 11.6 Å². The van der Waals surface area contributed by atoms with Gasteiger partial charge in [-0.15, -0.1) is 0 Å². The highest BCUT2D eigenvalue weighted by Crippen LogP contribution is 2.33. The SMILES string of the molecule is OC(c1c(F)cccc1Cl)c1cncc2ccccc12. The van der Waals surface area contributed by atoms with E-state index in [1.165, 1.54) is 18.3 Å². The van der Waals surface area contributed by atoms with E-state index in [0.29, 0.717) is 5.56 Å². The fourth-order valence-electron chi connectivity index (χ4n) is 2.29. The largest absolute Gasteiger partial charge is 0.383 e. The Hall–Kier alpha value is -1.97. The van der Waals surface area contributed by atoms with Crippen molar-refractivity contribution in [3.05, 3.63) is 76.8 Å². The summed E-state index contributed by atoms with van der Waals surface area (Å²) in [7, 11) is 0. The van der Waals surface area contributed by atoms with Crippen molar-refractivity contribution < 1.29 is 9.50 Å². The molecule has 0 aliphatic heterocycles. The first-order valence-corrected chi connectivity index (χ1v) is 6.51. The molecule has 1 heterocycles. The summed E-state index contributed by atoms with van der Waals surface area (Å²) in [5, 5.41) is 12.4. The lowest BCUT2D eigenvalue weighted by atomic mass is 9.98. The normalized spacial score (nSPS) is 12.6. The number of hydrogen-bond acceptors (Lipinski definition) is 2. The Morgan fingerprint density at radius 1 is 1.05 bits per heavy atom. The maximum absolute atomic E-state index is 13.9. The van der Waals surface area contributed by atoms with E-state index in [1.807, 2.05) is 24.3 Å². The van der Waals surface area contributed by atoms with E-state index in [0.717, 1.165) is 10.8 Å². The summed E-state index contributed by atoms with van der Waals surface area (Å²) in [6.45, 7) is 0. The van der Waals surface area contributed by atoms with E-state index in [4.69, 9.17) is 11.6 Å². The van der Waals surface area contributed by atoms with Gasteiger partial charge in [-0.3, -0.25) is 4.98 Å². The van der Waals surface area contributed by atoms with Crippen molar-refractivity contribution in [2.45, 2.75) is 6.10 Å². The number of aliphatic hydroxyl groups excluding tert-OH is 1. The molecule has 0 bridgehead atoms. The van der Waals surface area contributed by atoms with E-state index >= 15 is 0 Å². The molecule has 3 rings (SSSR count). The van der Waals surface area contributed by atoms with Crippen LogP contribution < -0.4 is 0 Å². The second-order valence-electron chi connectivity index (χ2n) is 4.49. The molecule has 0 saturated heterocycles. The molecule has 100 valence electrons. The molecule has 0 aliphatic rings. The number of halogens is 2. The number of nitrogens with zero attached hydrogens (tertiary/aromatic N) is 1. The van der Waals surface area contributed by atoms with E-state index in [9.17, 15) is 9.50 Å². The molecule has 0 fully saturated rings. The van der Waals surface area contributed by atoms with Gasteiger partial charge in [0.1, 0.15) is 11.9 Å². The highest BCUT2D eigenvalue weighted by Gasteiger charge is 2.20. The molecular formula is C16H11ClFNO. The van der Waals surface area contributed by atoms with Gasteiger partial charge in [-0.25, -0.2) is 4.39 Å². The van der Waals surface area contributed by atoms with Crippen LogP contribution in [0.2, 0.25) is 5.02 Å². The zero-order valence-electron chi connectivity index (χ0n) is 10.4. The van der Waals surface area contributed by atoms with Crippen LogP contribution in [0.3, 0.4) is 0 Å². The molecule has 1 unspecified atom stereocenters. The van der Waals surface area contributed by atoms with Gasteiger partial charge in [0, 0.05) is 33.9 Å². The third-order valence-electron chi connectivity index (χ3n) is 3.27. The van der Waals surface area contributed by atoms with Crippen LogP contribution in [-0.2, 0) is 0 Å². The van der Waals surface area contributed by atoms with Crippen LogP contribution in [0.1, 0.15) is 17.2 Å². The minimum Gasteiger partial charge on any atom is -0.383 e. The molecule has 1 atom stereocenters. The maximum Gasteiger partial charge on any atom is 0.130 e. The van der Waals surface area contributed by atoms with E-state index in [-0.39, 0.29) is 10.6 Å². The van der Waals surface area contributed by atoms with E-state index in [2.05, 4.69) is 4.98 Å². The van der Waals surface area contributed by atoms with E-state index < -0.39 is 11.9 Å². The van der Waals surface area contributed by atoms with Crippen molar-refractivity contribution in [3.8, 4) is 0 Å². The van der Waals surface area contributed by atoms with Crippen LogP contribution in [0.4, 0.5) is 4.39 Å². The van der Waals surface area contributed by atoms with E-state index in [1.54, 1.807) is 12.3 Å². The fourth-order valence-corrected chi connectivity index (χ4v) is 2.55. The summed E-state index contributed by atoms with van der Waals surface area (Å²) in [6.07, 6.45) is 2.09. The summed E-state index contributed by atoms with van der Waals surface area (Å²) >= 11 is 6.01. The molecule has 1 N–H and O–H groups in total. The Balaban J connectivity index is 2.21. The first kappa shape index (κ1) is 13.0. The molecule has 0 spiro atoms. The van der Waals surface area contributed by atoms with Crippen LogP contribution in [0.5, 0.6) is 0 Å². The van der Waals surface area contributed by atoms with Crippen molar-refractivity contribution in [2.75, 3.05) is 0 Å². The molecule has 2 nitrogen and oxygen atoms in total. The van der Waals surface area contributed by atoms with Crippen LogP contribution in [0, 0.1) is 5.82 Å². The topological polar surface area (TPSA) is 33.1 Å². The highest BCUT2D eigenvalue weighted by atomic mass is 35.5. The van der Waals surface area contributed by atoms with Gasteiger partial charge < -0.3 is 5.11 Å². The molecule has 1 aromatic heterocycles.